The van der Waals surface area contributed by atoms with Gasteiger partial charge in [-0.3, -0.25) is 4.79 Å². The number of methoxy groups -OCH3 is 2. The molecule has 0 fully saturated rings. The first-order valence-corrected chi connectivity index (χ1v) is 6.55. The molecule has 5 nitrogen and oxygen atoms in total. The Morgan fingerprint density at radius 2 is 1.81 bits per heavy atom. The maximum atomic E-state index is 12.1. The predicted molar refractivity (Wildman–Crippen MR) is 79.5 cm³/mol. The van der Waals surface area contributed by atoms with E-state index in [1.807, 2.05) is 36.9 Å². The van der Waals surface area contributed by atoms with Gasteiger partial charge in [-0.15, -0.1) is 0 Å². The number of ether oxygens (including phenoxy) is 3. The highest BCUT2D eigenvalue weighted by atomic mass is 16.5. The van der Waals surface area contributed by atoms with Crippen molar-refractivity contribution in [3.05, 3.63) is 41.7 Å². The Hall–Kier alpha value is -2.43. The van der Waals surface area contributed by atoms with Crippen LogP contribution < -0.4 is 14.2 Å². The summed E-state index contributed by atoms with van der Waals surface area (Å²) in [6, 6.07) is 5.44. The molecule has 0 aliphatic rings. The van der Waals surface area contributed by atoms with E-state index in [2.05, 4.69) is 0 Å². The Morgan fingerprint density at radius 3 is 2.29 bits per heavy atom. The van der Waals surface area contributed by atoms with Crippen LogP contribution in [0.5, 0.6) is 17.2 Å². The number of carbonyl (C=O) groups is 1. The Kier molecular flexibility index (Phi) is 4.52. The first-order chi connectivity index (χ1) is 10.0. The van der Waals surface area contributed by atoms with Gasteiger partial charge in [0.05, 0.1) is 14.2 Å². The van der Waals surface area contributed by atoms with Crippen molar-refractivity contribution in [3.63, 3.8) is 0 Å². The molecule has 0 aliphatic carbocycles. The number of nitrogens with zero attached hydrogens (tertiary/aromatic N) is 1. The summed E-state index contributed by atoms with van der Waals surface area (Å²) in [5.41, 5.74) is 1.60. The van der Waals surface area contributed by atoms with Crippen LogP contribution in [0.1, 0.15) is 15.9 Å². The second kappa shape index (κ2) is 6.35. The summed E-state index contributed by atoms with van der Waals surface area (Å²) in [6.45, 7) is 1.86. The zero-order valence-corrected chi connectivity index (χ0v) is 12.7. The van der Waals surface area contributed by atoms with Gasteiger partial charge in [0, 0.05) is 25.0 Å². The average Bonchev–Trinajstić information content (AvgIpc) is 2.91. The van der Waals surface area contributed by atoms with E-state index in [9.17, 15) is 4.79 Å². The predicted octanol–water partition coefficient (Wildman–Crippen LogP) is 2.61. The van der Waals surface area contributed by atoms with Crippen molar-refractivity contribution in [1.29, 1.82) is 0 Å². The maximum Gasteiger partial charge on any atom is 0.204 e. The molecule has 0 aliphatic heterocycles. The van der Waals surface area contributed by atoms with E-state index in [-0.39, 0.29) is 12.4 Å². The molecule has 21 heavy (non-hydrogen) atoms. The van der Waals surface area contributed by atoms with Crippen molar-refractivity contribution in [1.82, 2.24) is 4.57 Å². The third-order valence-electron chi connectivity index (χ3n) is 3.11. The van der Waals surface area contributed by atoms with Crippen molar-refractivity contribution >= 4 is 5.78 Å². The summed E-state index contributed by atoms with van der Waals surface area (Å²) in [5.74, 6) is 1.44. The van der Waals surface area contributed by atoms with E-state index >= 15 is 0 Å². The quantitative estimate of drug-likeness (QED) is 0.767. The smallest absolute Gasteiger partial charge is 0.204 e. The zero-order chi connectivity index (χ0) is 15.4. The van der Waals surface area contributed by atoms with Gasteiger partial charge in [-0.1, -0.05) is 0 Å². The number of benzene rings is 1. The average molecular weight is 289 g/mol. The van der Waals surface area contributed by atoms with Gasteiger partial charge in [0.15, 0.2) is 18.1 Å². The molecule has 0 bridgehead atoms. The standard InChI is InChI=1S/C16H19NO4/c1-11-7-14(19-3)16(15(8-11)20-4)21-10-13(18)12-5-6-17(2)9-12/h5-9H,10H2,1-4H3. The van der Waals surface area contributed by atoms with Gasteiger partial charge in [-0.05, 0) is 30.7 Å². The molecular weight excluding hydrogens is 270 g/mol. The molecule has 0 atom stereocenters. The second-order valence-corrected chi connectivity index (χ2v) is 4.78. The molecule has 2 rings (SSSR count). The van der Waals surface area contributed by atoms with E-state index in [1.165, 1.54) is 0 Å². The number of hydrogen-bond donors (Lipinski definition) is 0. The third-order valence-corrected chi connectivity index (χ3v) is 3.11. The maximum absolute atomic E-state index is 12.1. The molecule has 1 aromatic carbocycles. The Balaban J connectivity index is 2.17. The fourth-order valence-electron chi connectivity index (χ4n) is 2.04. The van der Waals surface area contributed by atoms with Gasteiger partial charge in [0.2, 0.25) is 11.5 Å². The number of aromatic nitrogens is 1. The van der Waals surface area contributed by atoms with E-state index in [0.717, 1.165) is 5.56 Å². The molecule has 0 unspecified atom stereocenters. The molecule has 2 aromatic rings. The molecular formula is C16H19NO4. The van der Waals surface area contributed by atoms with Gasteiger partial charge in [-0.2, -0.15) is 0 Å². The lowest BCUT2D eigenvalue weighted by Gasteiger charge is -2.14. The summed E-state index contributed by atoms with van der Waals surface area (Å²) >= 11 is 0. The van der Waals surface area contributed by atoms with Crippen molar-refractivity contribution in [2.45, 2.75) is 6.92 Å². The number of ketones is 1. The van der Waals surface area contributed by atoms with Gasteiger partial charge in [-0.25, -0.2) is 0 Å². The Bertz CT molecular complexity index is 620. The highest BCUT2D eigenvalue weighted by Gasteiger charge is 2.15. The van der Waals surface area contributed by atoms with E-state index < -0.39 is 0 Å². The summed E-state index contributed by atoms with van der Waals surface area (Å²) in [7, 11) is 4.98. The summed E-state index contributed by atoms with van der Waals surface area (Å²) < 4.78 is 18.0. The fraction of sp³-hybridized carbons (Fsp3) is 0.312. The molecule has 0 spiro atoms. The normalized spacial score (nSPS) is 10.3. The lowest BCUT2D eigenvalue weighted by molar-refractivity contribution is 0.0917. The molecule has 1 heterocycles. The number of hydrogen-bond acceptors (Lipinski definition) is 4. The van der Waals surface area contributed by atoms with Crippen LogP contribution in [0.15, 0.2) is 30.6 Å². The first-order valence-electron chi connectivity index (χ1n) is 6.55. The summed E-state index contributed by atoms with van der Waals surface area (Å²) in [6.07, 6.45) is 3.58. The zero-order valence-electron chi connectivity index (χ0n) is 12.7. The largest absolute Gasteiger partial charge is 0.493 e. The van der Waals surface area contributed by atoms with Gasteiger partial charge < -0.3 is 18.8 Å². The van der Waals surface area contributed by atoms with Crippen LogP contribution in [0, 0.1) is 6.92 Å². The highest BCUT2D eigenvalue weighted by molar-refractivity contribution is 5.97. The monoisotopic (exact) mass is 289 g/mol. The van der Waals surface area contributed by atoms with Crippen LogP contribution >= 0.6 is 0 Å². The minimum atomic E-state index is -0.0970. The van der Waals surface area contributed by atoms with Gasteiger partial charge in [0.1, 0.15) is 0 Å². The number of carbonyl (C=O) groups excluding carboxylic acids is 1. The molecule has 0 amide bonds. The van der Waals surface area contributed by atoms with Crippen molar-refractivity contribution in [3.8, 4) is 17.2 Å². The first kappa shape index (κ1) is 15.0. The van der Waals surface area contributed by atoms with E-state index in [1.54, 1.807) is 26.5 Å². The number of Topliss-reactive ketones (excluding diaryl/α,β-unsaturated/α-hetero) is 1. The van der Waals surface area contributed by atoms with Crippen LogP contribution in [0.3, 0.4) is 0 Å². The van der Waals surface area contributed by atoms with Crippen molar-refractivity contribution in [2.24, 2.45) is 7.05 Å². The highest BCUT2D eigenvalue weighted by Crippen LogP contribution is 2.38. The summed E-state index contributed by atoms with van der Waals surface area (Å²) in [4.78, 5) is 12.1. The number of rotatable bonds is 6. The van der Waals surface area contributed by atoms with Crippen LogP contribution in [0.4, 0.5) is 0 Å². The molecule has 0 saturated carbocycles. The van der Waals surface area contributed by atoms with Crippen molar-refractivity contribution < 1.29 is 19.0 Å². The Morgan fingerprint density at radius 1 is 1.19 bits per heavy atom. The minimum Gasteiger partial charge on any atom is -0.493 e. The van der Waals surface area contributed by atoms with Crippen LogP contribution in [-0.4, -0.2) is 31.2 Å². The third kappa shape index (κ3) is 3.37. The van der Waals surface area contributed by atoms with E-state index in [0.29, 0.717) is 22.8 Å². The molecule has 0 radical (unpaired) electrons. The topological polar surface area (TPSA) is 49.7 Å². The van der Waals surface area contributed by atoms with Crippen LogP contribution in [0.2, 0.25) is 0 Å². The number of aryl methyl sites for hydroxylation is 2. The van der Waals surface area contributed by atoms with Crippen LogP contribution in [-0.2, 0) is 7.05 Å². The molecule has 0 N–H and O–H groups in total. The molecule has 5 heteroatoms. The van der Waals surface area contributed by atoms with E-state index in [4.69, 9.17) is 14.2 Å². The molecule has 112 valence electrons. The van der Waals surface area contributed by atoms with Crippen molar-refractivity contribution in [2.75, 3.05) is 20.8 Å². The minimum absolute atomic E-state index is 0.0696. The van der Waals surface area contributed by atoms with Crippen LogP contribution in [0.25, 0.3) is 0 Å². The fourth-order valence-corrected chi connectivity index (χ4v) is 2.04. The lowest BCUT2D eigenvalue weighted by Crippen LogP contribution is -2.12. The lowest BCUT2D eigenvalue weighted by atomic mass is 10.2. The Labute approximate surface area is 124 Å². The van der Waals surface area contributed by atoms with Gasteiger partial charge >= 0.3 is 0 Å². The second-order valence-electron chi connectivity index (χ2n) is 4.78. The SMILES string of the molecule is COc1cc(C)cc(OC)c1OCC(=O)c1ccn(C)c1. The van der Waals surface area contributed by atoms with Gasteiger partial charge in [0.25, 0.3) is 0 Å². The molecule has 1 aromatic heterocycles. The summed E-state index contributed by atoms with van der Waals surface area (Å²) in [5, 5.41) is 0. The molecule has 0 saturated heterocycles.